The van der Waals surface area contributed by atoms with Crippen molar-refractivity contribution in [2.24, 2.45) is 38.9 Å². The van der Waals surface area contributed by atoms with Crippen molar-refractivity contribution < 1.29 is 28.8 Å². The first-order valence-electron chi connectivity index (χ1n) is 31.4. The fraction of sp³-hybridized carbons (Fsp3) is 0.357. The van der Waals surface area contributed by atoms with Crippen molar-refractivity contribution in [1.82, 2.24) is 75.2 Å². The van der Waals surface area contributed by atoms with Crippen LogP contribution in [0.15, 0.2) is 91.8 Å². The molecule has 3 aliphatic carbocycles. The molecule has 3 saturated carbocycles. The Morgan fingerprint density at radius 2 is 0.810 bits per heavy atom. The second-order valence-corrected chi connectivity index (χ2v) is 24.5. The minimum atomic E-state index is -0.382. The van der Waals surface area contributed by atoms with E-state index in [4.69, 9.17) is 5.73 Å². The summed E-state index contributed by atoms with van der Waals surface area (Å²) in [5, 5.41) is 34.3. The molecular formula is C70H88N24O6. The number of carbonyl (C=O) groups excluding carboxylic acids is 6. The van der Waals surface area contributed by atoms with Crippen LogP contribution in [-0.4, -0.2) is 137 Å². The molecule has 524 valence electrons. The van der Waals surface area contributed by atoms with Crippen LogP contribution in [0.2, 0.25) is 0 Å². The van der Waals surface area contributed by atoms with E-state index in [0.717, 1.165) is 129 Å². The van der Waals surface area contributed by atoms with Gasteiger partial charge in [-0.05, 0) is 56.7 Å². The largest absolute Gasteiger partial charge is 0.368 e. The van der Waals surface area contributed by atoms with E-state index in [1.165, 1.54) is 31.2 Å². The SMILES string of the molecule is C.C.C.C.CNC(=O)c1cnc(N(C(=O)C2CC2)C(=O)C2CC2)nc1Nc1cccc2c1N(C)Cc1cn(C)nc1-2.CNC(=O)c1cnc(N)nc1Nc1cccc2c1N(C)Cc1cn(C)nc1-2.CNC(=O)c1cnc(NC(=O)C2CC2)nc1Nc1cccc2c1N(C)Cc1cn(C)nc1-2. The van der Waals surface area contributed by atoms with Gasteiger partial charge in [-0.2, -0.15) is 30.2 Å². The van der Waals surface area contributed by atoms with Gasteiger partial charge in [0.25, 0.3) is 17.7 Å². The van der Waals surface area contributed by atoms with E-state index < -0.39 is 0 Å². The molecule has 0 spiro atoms. The Labute approximate surface area is 581 Å². The number of imide groups is 1. The Morgan fingerprint density at radius 3 is 1.18 bits per heavy atom. The Bertz CT molecular complexity index is 4600. The third-order valence-electron chi connectivity index (χ3n) is 17.2. The number of rotatable bonds is 14. The summed E-state index contributed by atoms with van der Waals surface area (Å²) < 4.78 is 5.44. The lowest BCUT2D eigenvalue weighted by molar-refractivity contribution is -0.128. The number of aromatic nitrogens is 12. The van der Waals surface area contributed by atoms with Crippen molar-refractivity contribution >= 4 is 105 Å². The molecule has 0 atom stereocenters. The third-order valence-corrected chi connectivity index (χ3v) is 17.2. The number of carbonyl (C=O) groups is 6. The van der Waals surface area contributed by atoms with Crippen molar-refractivity contribution in [3.8, 4) is 33.8 Å². The highest BCUT2D eigenvalue weighted by Gasteiger charge is 2.44. The van der Waals surface area contributed by atoms with Crippen molar-refractivity contribution in [3.05, 3.63) is 125 Å². The molecule has 3 aromatic carbocycles. The molecule has 0 bridgehead atoms. The van der Waals surface area contributed by atoms with Crippen LogP contribution >= 0.6 is 0 Å². The van der Waals surface area contributed by atoms with Gasteiger partial charge in [-0.1, -0.05) is 66.1 Å². The third kappa shape index (κ3) is 14.4. The zero-order valence-electron chi connectivity index (χ0n) is 54.4. The molecular weight excluding hydrogens is 1270 g/mol. The zero-order chi connectivity index (χ0) is 67.4. The fourth-order valence-electron chi connectivity index (χ4n) is 12.2. The van der Waals surface area contributed by atoms with Gasteiger partial charge < -0.3 is 52.3 Å². The molecule has 30 nitrogen and oxygen atoms in total. The number of hydrogen-bond donors (Lipinski definition) is 8. The number of benzene rings is 3. The quantitative estimate of drug-likeness (QED) is 0.0471. The van der Waals surface area contributed by atoms with E-state index in [0.29, 0.717) is 30.3 Å². The summed E-state index contributed by atoms with van der Waals surface area (Å²) in [5.41, 5.74) is 21.0. The summed E-state index contributed by atoms with van der Waals surface area (Å²) in [5.74, 6) is -0.804. The Balaban J connectivity index is 0.000000174. The number of anilines is 12. The van der Waals surface area contributed by atoms with Gasteiger partial charge >= 0.3 is 0 Å². The first-order chi connectivity index (χ1) is 46.3. The molecule has 100 heavy (non-hydrogen) atoms. The average molecular weight is 1360 g/mol. The first-order valence-corrected chi connectivity index (χ1v) is 31.4. The molecule has 6 amide bonds. The van der Waals surface area contributed by atoms with Crippen LogP contribution < -0.4 is 62.6 Å². The van der Waals surface area contributed by atoms with Crippen LogP contribution in [0, 0.1) is 17.8 Å². The number of fused-ring (bicyclic) bond motifs is 9. The molecule has 3 aliphatic heterocycles. The second kappa shape index (κ2) is 29.5. The van der Waals surface area contributed by atoms with Gasteiger partial charge in [0.1, 0.15) is 34.1 Å². The highest BCUT2D eigenvalue weighted by Crippen LogP contribution is 2.47. The molecule has 15 rings (SSSR count). The summed E-state index contributed by atoms with van der Waals surface area (Å²) in [6.45, 7) is 2.12. The molecule has 9 heterocycles. The molecule has 0 radical (unpaired) electrons. The lowest BCUT2D eigenvalue weighted by Gasteiger charge is -2.29. The number of para-hydroxylation sites is 3. The summed E-state index contributed by atoms with van der Waals surface area (Å²) in [7, 11) is 16.4. The molecule has 3 fully saturated rings. The topological polar surface area (TPSA) is 356 Å². The maximum absolute atomic E-state index is 13.1. The van der Waals surface area contributed by atoms with Gasteiger partial charge in [0.05, 0.1) is 51.2 Å². The van der Waals surface area contributed by atoms with Gasteiger partial charge in [-0.3, -0.25) is 48.1 Å². The van der Waals surface area contributed by atoms with Crippen molar-refractivity contribution in [1.29, 1.82) is 0 Å². The van der Waals surface area contributed by atoms with E-state index in [9.17, 15) is 28.8 Å². The second-order valence-electron chi connectivity index (χ2n) is 24.5. The van der Waals surface area contributed by atoms with Gasteiger partial charge in [-0.15, -0.1) is 0 Å². The molecule has 6 aliphatic rings. The standard InChI is InChI=1S/C26H28N8O3.C22H24N8O2.C18H20N8O.4CH4/c1-27-23(35)18-11-28-26(34(24(36)14-7-8-14)25(37)15-9-10-15)30-22(18)29-19-6-4-5-17-20-16(13-33(3)31-20)12-32(2)21(17)19;1-23-21(32)15-9-24-22(27-20(31)12-7-8-12)26-19(15)25-16-6-4-5-14-17-13(11-30(3)28-17)10-29(2)18(14)16;1-20-17(27)12-7-21-18(19)23-16(12)22-13-6-4-5-11-14-10(9-26(3)24-14)8-25(2)15(11)13;;;;/h4-6,11,13-15H,7-10,12H2,1-3H3,(H,27,35)(H,28,29,30);4-6,9,11-12H,7-8,10H2,1-3H3,(H,23,32)(H2,24,25,26,27,31);4-7,9H,8H2,1-3H3,(H,20,27)(H3,19,21,22,23);4*1H4. The first kappa shape index (κ1) is 72.4. The fourth-order valence-corrected chi connectivity index (χ4v) is 12.2. The molecule has 0 unspecified atom stereocenters. The number of amides is 6. The smallest absolute Gasteiger partial charge is 0.256 e. The van der Waals surface area contributed by atoms with Crippen LogP contribution in [0.5, 0.6) is 0 Å². The summed E-state index contributed by atoms with van der Waals surface area (Å²) in [6.07, 6.45) is 15.1. The highest BCUT2D eigenvalue weighted by molar-refractivity contribution is 6.16. The number of nitrogens with two attached hydrogens (primary N) is 1. The molecule has 30 heteroatoms. The number of aryl methyl sites for hydroxylation is 3. The average Bonchev–Trinajstić information content (AvgIpc) is 1.30. The number of nitrogens with one attached hydrogen (secondary N) is 7. The minimum Gasteiger partial charge on any atom is -0.368 e. The van der Waals surface area contributed by atoms with Crippen LogP contribution in [0.25, 0.3) is 33.8 Å². The Morgan fingerprint density at radius 1 is 0.460 bits per heavy atom. The van der Waals surface area contributed by atoms with Crippen LogP contribution in [0.4, 0.5) is 69.4 Å². The van der Waals surface area contributed by atoms with Crippen LogP contribution in [-0.2, 0) is 55.2 Å². The van der Waals surface area contributed by atoms with Crippen molar-refractivity contribution in [2.75, 3.05) is 88.9 Å². The molecule has 9 N–H and O–H groups in total. The summed E-state index contributed by atoms with van der Waals surface area (Å²) >= 11 is 0. The predicted octanol–water partition coefficient (Wildman–Crippen LogP) is 8.95. The number of nitrogen functional groups attached to an aromatic ring is 1. The number of nitrogens with zero attached hydrogens (tertiary/aromatic N) is 16. The predicted molar refractivity (Wildman–Crippen MR) is 389 cm³/mol. The van der Waals surface area contributed by atoms with Crippen molar-refractivity contribution in [2.45, 2.75) is 87.9 Å². The van der Waals surface area contributed by atoms with Gasteiger partial charge in [-0.25, -0.2) is 19.9 Å². The normalized spacial score (nSPS) is 13.9. The van der Waals surface area contributed by atoms with Crippen LogP contribution in [0.1, 0.15) is 116 Å². The van der Waals surface area contributed by atoms with Gasteiger partial charge in [0, 0.05) is 171 Å². The van der Waals surface area contributed by atoms with Gasteiger partial charge in [0.2, 0.25) is 35.6 Å². The van der Waals surface area contributed by atoms with E-state index in [1.807, 2.05) is 125 Å². The number of hydrogen-bond acceptors (Lipinski definition) is 22. The zero-order valence-corrected chi connectivity index (χ0v) is 54.4. The van der Waals surface area contributed by atoms with Crippen molar-refractivity contribution in [3.63, 3.8) is 0 Å². The summed E-state index contributed by atoms with van der Waals surface area (Å²) in [4.78, 5) is 109. The lowest BCUT2D eigenvalue weighted by Crippen LogP contribution is -2.40. The van der Waals surface area contributed by atoms with E-state index >= 15 is 0 Å². The Hall–Kier alpha value is -11.9. The Kier molecular flexibility index (Phi) is 21.3. The molecule has 6 aromatic heterocycles. The van der Waals surface area contributed by atoms with E-state index in [-0.39, 0.29) is 118 Å². The van der Waals surface area contributed by atoms with E-state index in [2.05, 4.69) is 97.1 Å². The van der Waals surface area contributed by atoms with Crippen LogP contribution in [0.3, 0.4) is 0 Å². The monoisotopic (exact) mass is 1360 g/mol. The molecule has 0 saturated heterocycles. The highest BCUT2D eigenvalue weighted by atomic mass is 16.2. The van der Waals surface area contributed by atoms with Gasteiger partial charge in [0.15, 0.2) is 0 Å². The minimum absolute atomic E-state index is 0. The maximum atomic E-state index is 13.1. The lowest BCUT2D eigenvalue weighted by atomic mass is 9.99. The maximum Gasteiger partial charge on any atom is 0.256 e. The summed E-state index contributed by atoms with van der Waals surface area (Å²) in [6, 6.07) is 17.7. The molecule has 9 aromatic rings. The van der Waals surface area contributed by atoms with E-state index in [1.54, 1.807) is 18.8 Å².